The smallest absolute Gasteiger partial charge is 0.255 e. The van der Waals surface area contributed by atoms with Crippen molar-refractivity contribution in [2.45, 2.75) is 19.2 Å². The van der Waals surface area contributed by atoms with E-state index < -0.39 is 6.10 Å². The largest absolute Gasteiger partial charge is 0.390 e. The minimum Gasteiger partial charge on any atom is -0.390 e. The summed E-state index contributed by atoms with van der Waals surface area (Å²) in [4.78, 5) is 23.5. The molecular weight excluding hydrogens is 322 g/mol. The van der Waals surface area contributed by atoms with Crippen LogP contribution in [0.15, 0.2) is 31.0 Å². The molecule has 8 nitrogen and oxygen atoms in total. The van der Waals surface area contributed by atoms with Gasteiger partial charge in [-0.3, -0.25) is 9.69 Å². The molecule has 0 bridgehead atoms. The third kappa shape index (κ3) is 4.47. The average molecular weight is 347 g/mol. The Bertz CT molecular complexity index is 670. The van der Waals surface area contributed by atoms with E-state index in [1.807, 2.05) is 6.20 Å². The summed E-state index contributed by atoms with van der Waals surface area (Å²) in [6.45, 7) is 4.25. The van der Waals surface area contributed by atoms with Crippen LogP contribution in [0.3, 0.4) is 0 Å². The molecule has 0 spiro atoms. The van der Waals surface area contributed by atoms with Gasteiger partial charge in [-0.1, -0.05) is 0 Å². The van der Waals surface area contributed by atoms with Gasteiger partial charge in [0.05, 0.1) is 30.3 Å². The van der Waals surface area contributed by atoms with E-state index in [4.69, 9.17) is 4.74 Å². The van der Waals surface area contributed by atoms with Gasteiger partial charge in [0.2, 0.25) is 0 Å². The standard InChI is InChI=1S/C17H25N5O3/c1-25-7-6-22-13-19-9-15(22)10-20-4-5-21(12-16(23)11-20)17(24)14-2-3-18-8-14/h2-3,8-9,13,16,18,23H,4-7,10-12H2,1H3. The molecule has 1 unspecified atom stereocenters. The van der Waals surface area contributed by atoms with Crippen molar-refractivity contribution in [1.29, 1.82) is 0 Å². The quantitative estimate of drug-likeness (QED) is 0.778. The van der Waals surface area contributed by atoms with E-state index in [0.29, 0.717) is 44.9 Å². The molecule has 0 aliphatic carbocycles. The Morgan fingerprint density at radius 3 is 3.08 bits per heavy atom. The molecule has 8 heteroatoms. The summed E-state index contributed by atoms with van der Waals surface area (Å²) in [5.74, 6) is -0.0488. The molecule has 3 rings (SSSR count). The van der Waals surface area contributed by atoms with Crippen molar-refractivity contribution in [3.63, 3.8) is 0 Å². The number of aromatic amines is 1. The van der Waals surface area contributed by atoms with Crippen LogP contribution in [0.2, 0.25) is 0 Å². The number of H-pyrrole nitrogens is 1. The number of aliphatic hydroxyl groups is 1. The lowest BCUT2D eigenvalue weighted by atomic mass is 10.2. The number of carbonyl (C=O) groups excluding carboxylic acids is 1. The summed E-state index contributed by atoms with van der Waals surface area (Å²) in [5, 5.41) is 10.3. The number of aromatic nitrogens is 3. The summed E-state index contributed by atoms with van der Waals surface area (Å²) in [6, 6.07) is 1.76. The molecule has 0 aromatic carbocycles. The van der Waals surface area contributed by atoms with Crippen LogP contribution in [-0.4, -0.2) is 81.3 Å². The number of nitrogens with zero attached hydrogens (tertiary/aromatic N) is 4. The average Bonchev–Trinajstić information content (AvgIpc) is 3.24. The van der Waals surface area contributed by atoms with Crippen LogP contribution < -0.4 is 0 Å². The Morgan fingerprint density at radius 2 is 2.32 bits per heavy atom. The SMILES string of the molecule is COCCn1cncc1CN1CCN(C(=O)c2cc[nH]c2)CC(O)C1. The molecule has 1 aliphatic heterocycles. The second kappa shape index (κ2) is 8.28. The van der Waals surface area contributed by atoms with Crippen molar-refractivity contribution in [2.24, 2.45) is 0 Å². The van der Waals surface area contributed by atoms with Crippen LogP contribution >= 0.6 is 0 Å². The topological polar surface area (TPSA) is 86.6 Å². The van der Waals surface area contributed by atoms with E-state index in [1.165, 1.54) is 0 Å². The van der Waals surface area contributed by atoms with Gasteiger partial charge >= 0.3 is 0 Å². The molecule has 1 fully saturated rings. The highest BCUT2D eigenvalue weighted by Crippen LogP contribution is 2.12. The van der Waals surface area contributed by atoms with Crippen LogP contribution in [0.4, 0.5) is 0 Å². The molecule has 25 heavy (non-hydrogen) atoms. The molecule has 2 aromatic rings. The first-order valence-corrected chi connectivity index (χ1v) is 8.48. The van der Waals surface area contributed by atoms with Gasteiger partial charge in [0, 0.05) is 65.0 Å². The Kier molecular flexibility index (Phi) is 5.85. The van der Waals surface area contributed by atoms with Crippen molar-refractivity contribution in [1.82, 2.24) is 24.3 Å². The van der Waals surface area contributed by atoms with Crippen LogP contribution in [0.1, 0.15) is 16.1 Å². The molecule has 1 saturated heterocycles. The van der Waals surface area contributed by atoms with Crippen molar-refractivity contribution in [3.8, 4) is 0 Å². The molecule has 0 radical (unpaired) electrons. The number of methoxy groups -OCH3 is 1. The molecule has 1 aliphatic rings. The number of hydrogen-bond donors (Lipinski definition) is 2. The fourth-order valence-electron chi connectivity index (χ4n) is 3.12. The molecule has 1 atom stereocenters. The molecule has 2 N–H and O–H groups in total. The van der Waals surface area contributed by atoms with Crippen molar-refractivity contribution < 1.29 is 14.6 Å². The van der Waals surface area contributed by atoms with Crippen molar-refractivity contribution >= 4 is 5.91 Å². The van der Waals surface area contributed by atoms with Gasteiger partial charge in [-0.25, -0.2) is 4.98 Å². The number of carbonyl (C=O) groups is 1. The lowest BCUT2D eigenvalue weighted by Gasteiger charge is -2.22. The Hall–Kier alpha value is -2.16. The maximum atomic E-state index is 12.5. The van der Waals surface area contributed by atoms with E-state index in [0.717, 1.165) is 12.2 Å². The van der Waals surface area contributed by atoms with Crippen LogP contribution in [0.5, 0.6) is 0 Å². The van der Waals surface area contributed by atoms with Crippen LogP contribution in [-0.2, 0) is 17.8 Å². The number of aliphatic hydroxyl groups excluding tert-OH is 1. The van der Waals surface area contributed by atoms with Gasteiger partial charge in [0.25, 0.3) is 5.91 Å². The number of rotatable bonds is 6. The second-order valence-corrected chi connectivity index (χ2v) is 6.31. The first-order valence-electron chi connectivity index (χ1n) is 8.48. The third-order valence-electron chi connectivity index (χ3n) is 4.44. The Balaban J connectivity index is 1.62. The zero-order chi connectivity index (χ0) is 17.6. The van der Waals surface area contributed by atoms with Gasteiger partial charge in [0.15, 0.2) is 0 Å². The molecular formula is C17H25N5O3. The number of nitrogens with one attached hydrogen (secondary N) is 1. The molecule has 3 heterocycles. The van der Waals surface area contributed by atoms with E-state index in [-0.39, 0.29) is 5.91 Å². The lowest BCUT2D eigenvalue weighted by Crippen LogP contribution is -2.37. The highest BCUT2D eigenvalue weighted by Gasteiger charge is 2.25. The number of imidazole rings is 1. The lowest BCUT2D eigenvalue weighted by molar-refractivity contribution is 0.0663. The molecule has 1 amide bonds. The summed E-state index contributed by atoms with van der Waals surface area (Å²) < 4.78 is 7.18. The number of β-amino-alcohol motifs (C(OH)–C–C–N with tert-alkyl or cyclic N) is 1. The first-order chi connectivity index (χ1) is 12.2. The summed E-state index contributed by atoms with van der Waals surface area (Å²) >= 11 is 0. The summed E-state index contributed by atoms with van der Waals surface area (Å²) in [6.07, 6.45) is 6.49. The summed E-state index contributed by atoms with van der Waals surface area (Å²) in [7, 11) is 1.68. The minimum atomic E-state index is -0.569. The highest BCUT2D eigenvalue weighted by atomic mass is 16.5. The van der Waals surface area contributed by atoms with Gasteiger partial charge < -0.3 is 24.3 Å². The van der Waals surface area contributed by atoms with Crippen molar-refractivity contribution in [2.75, 3.05) is 39.9 Å². The van der Waals surface area contributed by atoms with Gasteiger partial charge in [-0.15, -0.1) is 0 Å². The van der Waals surface area contributed by atoms with Gasteiger partial charge in [-0.2, -0.15) is 0 Å². The van der Waals surface area contributed by atoms with Crippen molar-refractivity contribution in [3.05, 3.63) is 42.2 Å². The van der Waals surface area contributed by atoms with E-state index in [9.17, 15) is 9.90 Å². The molecule has 2 aromatic heterocycles. The maximum absolute atomic E-state index is 12.5. The summed E-state index contributed by atoms with van der Waals surface area (Å²) in [5.41, 5.74) is 1.70. The fourth-order valence-corrected chi connectivity index (χ4v) is 3.12. The Labute approximate surface area is 147 Å². The number of amides is 1. The third-order valence-corrected chi connectivity index (χ3v) is 4.44. The zero-order valence-corrected chi connectivity index (χ0v) is 14.5. The zero-order valence-electron chi connectivity index (χ0n) is 14.5. The molecule has 0 saturated carbocycles. The number of ether oxygens (including phenoxy) is 1. The number of hydrogen-bond acceptors (Lipinski definition) is 5. The van der Waals surface area contributed by atoms with Crippen LogP contribution in [0, 0.1) is 0 Å². The molecule has 136 valence electrons. The Morgan fingerprint density at radius 1 is 1.44 bits per heavy atom. The monoisotopic (exact) mass is 347 g/mol. The fraction of sp³-hybridized carbons (Fsp3) is 0.529. The normalized spacial score (nSPS) is 19.1. The predicted molar refractivity (Wildman–Crippen MR) is 92.1 cm³/mol. The van der Waals surface area contributed by atoms with E-state index >= 15 is 0 Å². The maximum Gasteiger partial charge on any atom is 0.255 e. The van der Waals surface area contributed by atoms with Crippen LogP contribution in [0.25, 0.3) is 0 Å². The second-order valence-electron chi connectivity index (χ2n) is 6.31. The van der Waals surface area contributed by atoms with Gasteiger partial charge in [-0.05, 0) is 6.07 Å². The van der Waals surface area contributed by atoms with E-state index in [1.54, 1.807) is 36.8 Å². The van der Waals surface area contributed by atoms with E-state index in [2.05, 4.69) is 19.4 Å². The predicted octanol–water partition coefficient (Wildman–Crippen LogP) is 0.177. The highest BCUT2D eigenvalue weighted by molar-refractivity contribution is 5.94. The minimum absolute atomic E-state index is 0.0488. The van der Waals surface area contributed by atoms with Gasteiger partial charge in [0.1, 0.15) is 0 Å². The first kappa shape index (κ1) is 17.7.